The Morgan fingerprint density at radius 1 is 1.26 bits per heavy atom. The lowest BCUT2D eigenvalue weighted by Gasteiger charge is -2.40. The van der Waals surface area contributed by atoms with E-state index in [4.69, 9.17) is 0 Å². The monoisotopic (exact) mass is 264 g/mol. The Morgan fingerprint density at radius 2 is 1.84 bits per heavy atom. The molecular formula is C13H13FN2O3. The van der Waals surface area contributed by atoms with Crippen LogP contribution in [-0.4, -0.2) is 34.7 Å². The van der Waals surface area contributed by atoms with Gasteiger partial charge in [-0.3, -0.25) is 19.7 Å². The van der Waals surface area contributed by atoms with Gasteiger partial charge in [0.25, 0.3) is 11.8 Å². The van der Waals surface area contributed by atoms with E-state index in [1.165, 1.54) is 17.0 Å². The lowest BCUT2D eigenvalue weighted by Crippen LogP contribution is -2.65. The Balaban J connectivity index is 2.33. The highest BCUT2D eigenvalue weighted by Gasteiger charge is 2.43. The number of amides is 3. The summed E-state index contributed by atoms with van der Waals surface area (Å²) in [5.41, 5.74) is -0.892. The van der Waals surface area contributed by atoms with Crippen LogP contribution < -0.4 is 5.32 Å². The van der Waals surface area contributed by atoms with E-state index in [0.29, 0.717) is 0 Å². The summed E-state index contributed by atoms with van der Waals surface area (Å²) in [6.45, 7) is 2.90. The maximum Gasteiger partial charge on any atom is 0.255 e. The van der Waals surface area contributed by atoms with E-state index in [9.17, 15) is 18.8 Å². The Kier molecular flexibility index (Phi) is 3.09. The summed E-state index contributed by atoms with van der Waals surface area (Å²) < 4.78 is 12.8. The number of hydrogen-bond donors (Lipinski definition) is 1. The second-order valence-electron chi connectivity index (χ2n) is 4.83. The van der Waals surface area contributed by atoms with Gasteiger partial charge in [-0.15, -0.1) is 0 Å². The zero-order chi connectivity index (χ0) is 14.2. The minimum absolute atomic E-state index is 0.199. The fourth-order valence-electron chi connectivity index (χ4n) is 1.86. The molecule has 2 rings (SSSR count). The smallest absolute Gasteiger partial charge is 0.255 e. The van der Waals surface area contributed by atoms with Gasteiger partial charge in [0.2, 0.25) is 5.91 Å². The molecule has 0 spiro atoms. The van der Waals surface area contributed by atoms with Crippen molar-refractivity contribution in [3.63, 3.8) is 0 Å². The van der Waals surface area contributed by atoms with Crippen LogP contribution in [0.3, 0.4) is 0 Å². The number of imide groups is 1. The van der Waals surface area contributed by atoms with Crippen LogP contribution >= 0.6 is 0 Å². The molecule has 0 atom stereocenters. The maximum atomic E-state index is 12.8. The van der Waals surface area contributed by atoms with Crippen LogP contribution in [0.5, 0.6) is 0 Å². The van der Waals surface area contributed by atoms with Gasteiger partial charge in [-0.25, -0.2) is 4.39 Å². The minimum atomic E-state index is -1.13. The molecule has 1 fully saturated rings. The molecule has 5 nitrogen and oxygen atoms in total. The van der Waals surface area contributed by atoms with Crippen molar-refractivity contribution in [2.24, 2.45) is 0 Å². The van der Waals surface area contributed by atoms with Gasteiger partial charge in [0, 0.05) is 5.56 Å². The van der Waals surface area contributed by atoms with Crippen molar-refractivity contribution in [3.05, 3.63) is 35.6 Å². The highest BCUT2D eigenvalue weighted by molar-refractivity contribution is 6.08. The molecule has 19 heavy (non-hydrogen) atoms. The van der Waals surface area contributed by atoms with Crippen LogP contribution in [0.2, 0.25) is 0 Å². The zero-order valence-corrected chi connectivity index (χ0v) is 10.6. The van der Waals surface area contributed by atoms with Crippen molar-refractivity contribution >= 4 is 17.7 Å². The van der Waals surface area contributed by atoms with Gasteiger partial charge < -0.3 is 4.90 Å². The largest absolute Gasteiger partial charge is 0.315 e. The van der Waals surface area contributed by atoms with Gasteiger partial charge >= 0.3 is 0 Å². The molecule has 1 aromatic rings. The summed E-state index contributed by atoms with van der Waals surface area (Å²) in [6, 6.07) is 4.97. The molecule has 1 aliphatic rings. The highest BCUT2D eigenvalue weighted by Crippen LogP contribution is 2.21. The van der Waals surface area contributed by atoms with Gasteiger partial charge in [-0.05, 0) is 38.1 Å². The van der Waals surface area contributed by atoms with E-state index in [-0.39, 0.29) is 12.1 Å². The number of nitrogens with one attached hydrogen (secondary N) is 1. The first-order chi connectivity index (χ1) is 8.82. The number of carbonyl (C=O) groups excluding carboxylic acids is 3. The SMILES string of the molecule is CC1(C)C(=O)NC(=O)CN1C(=O)c1ccc(F)cc1. The van der Waals surface area contributed by atoms with E-state index in [1.807, 2.05) is 0 Å². The molecular weight excluding hydrogens is 251 g/mol. The Hall–Kier alpha value is -2.24. The summed E-state index contributed by atoms with van der Waals surface area (Å²) in [6.07, 6.45) is 0. The molecule has 0 radical (unpaired) electrons. The normalized spacial score (nSPS) is 18.2. The molecule has 3 amide bonds. The molecule has 0 unspecified atom stereocenters. The van der Waals surface area contributed by atoms with Gasteiger partial charge in [-0.2, -0.15) is 0 Å². The quantitative estimate of drug-likeness (QED) is 0.759. The van der Waals surface area contributed by atoms with Gasteiger partial charge in [0.15, 0.2) is 0 Å². The van der Waals surface area contributed by atoms with Crippen molar-refractivity contribution in [2.75, 3.05) is 6.54 Å². The number of hydrogen-bond acceptors (Lipinski definition) is 3. The maximum absolute atomic E-state index is 12.8. The van der Waals surface area contributed by atoms with Gasteiger partial charge in [0.05, 0.1) is 0 Å². The number of piperazine rings is 1. The van der Waals surface area contributed by atoms with Crippen LogP contribution in [0.15, 0.2) is 24.3 Å². The zero-order valence-electron chi connectivity index (χ0n) is 10.6. The van der Waals surface area contributed by atoms with Gasteiger partial charge in [-0.1, -0.05) is 0 Å². The fraction of sp³-hybridized carbons (Fsp3) is 0.308. The first kappa shape index (κ1) is 13.2. The van der Waals surface area contributed by atoms with Crippen LogP contribution in [0.1, 0.15) is 24.2 Å². The van der Waals surface area contributed by atoms with Crippen LogP contribution in [-0.2, 0) is 9.59 Å². The van der Waals surface area contributed by atoms with Crippen molar-refractivity contribution in [1.29, 1.82) is 0 Å². The van der Waals surface area contributed by atoms with Crippen LogP contribution in [0.25, 0.3) is 0 Å². The van der Waals surface area contributed by atoms with E-state index >= 15 is 0 Å². The molecule has 1 aromatic carbocycles. The Bertz CT molecular complexity index is 552. The average molecular weight is 264 g/mol. The molecule has 0 aromatic heterocycles. The average Bonchev–Trinajstić information content (AvgIpc) is 2.34. The van der Waals surface area contributed by atoms with Crippen LogP contribution in [0, 0.1) is 5.82 Å². The standard InChI is InChI=1S/C13H13FN2O3/c1-13(2)12(19)15-10(17)7-16(13)11(18)8-3-5-9(14)6-4-8/h3-6H,7H2,1-2H3,(H,15,17,19). The topological polar surface area (TPSA) is 66.5 Å². The van der Waals surface area contributed by atoms with E-state index in [2.05, 4.69) is 5.32 Å². The number of rotatable bonds is 1. The minimum Gasteiger partial charge on any atom is -0.315 e. The molecule has 0 aliphatic carbocycles. The van der Waals surface area contributed by atoms with Gasteiger partial charge in [0.1, 0.15) is 17.9 Å². The summed E-state index contributed by atoms with van der Waals surface area (Å²) >= 11 is 0. The molecule has 0 saturated carbocycles. The predicted molar refractivity (Wildman–Crippen MR) is 64.7 cm³/mol. The molecule has 1 saturated heterocycles. The molecule has 1 N–H and O–H groups in total. The molecule has 1 aliphatic heterocycles. The highest BCUT2D eigenvalue weighted by atomic mass is 19.1. The van der Waals surface area contributed by atoms with Crippen LogP contribution in [0.4, 0.5) is 4.39 Å². The Morgan fingerprint density at radius 3 is 2.42 bits per heavy atom. The first-order valence-electron chi connectivity index (χ1n) is 5.74. The third-order valence-corrected chi connectivity index (χ3v) is 3.12. The lowest BCUT2D eigenvalue weighted by atomic mass is 9.97. The number of halogens is 1. The number of carbonyl (C=O) groups is 3. The molecule has 0 bridgehead atoms. The third kappa shape index (κ3) is 2.33. The molecule has 6 heteroatoms. The summed E-state index contributed by atoms with van der Waals surface area (Å²) in [5.74, 6) is -1.99. The van der Waals surface area contributed by atoms with Crippen molar-refractivity contribution in [3.8, 4) is 0 Å². The summed E-state index contributed by atoms with van der Waals surface area (Å²) in [4.78, 5) is 36.6. The first-order valence-corrected chi connectivity index (χ1v) is 5.74. The van der Waals surface area contributed by atoms with Crippen molar-refractivity contribution in [1.82, 2.24) is 10.2 Å². The molecule has 100 valence electrons. The van der Waals surface area contributed by atoms with E-state index in [1.54, 1.807) is 13.8 Å². The number of benzene rings is 1. The van der Waals surface area contributed by atoms with E-state index < -0.39 is 29.1 Å². The predicted octanol–water partition coefficient (Wildman–Crippen LogP) is 0.703. The second-order valence-corrected chi connectivity index (χ2v) is 4.83. The lowest BCUT2D eigenvalue weighted by molar-refractivity contribution is -0.143. The summed E-state index contributed by atoms with van der Waals surface area (Å²) in [5, 5.41) is 2.18. The fourth-order valence-corrected chi connectivity index (χ4v) is 1.86. The number of nitrogens with zero attached hydrogens (tertiary/aromatic N) is 1. The van der Waals surface area contributed by atoms with E-state index in [0.717, 1.165) is 12.1 Å². The third-order valence-electron chi connectivity index (χ3n) is 3.12. The second kappa shape index (κ2) is 4.46. The summed E-state index contributed by atoms with van der Waals surface area (Å²) in [7, 11) is 0. The molecule has 1 heterocycles. The van der Waals surface area contributed by atoms with Crippen molar-refractivity contribution < 1.29 is 18.8 Å². The Labute approximate surface area is 109 Å². The van der Waals surface area contributed by atoms with Crippen molar-refractivity contribution in [2.45, 2.75) is 19.4 Å².